The predicted octanol–water partition coefficient (Wildman–Crippen LogP) is 6.62. The van der Waals surface area contributed by atoms with Crippen molar-refractivity contribution in [3.05, 3.63) is 58.6 Å². The molecule has 2 aromatic rings. The van der Waals surface area contributed by atoms with Crippen LogP contribution in [-0.2, 0) is 13.2 Å². The Labute approximate surface area is 175 Å². The van der Waals surface area contributed by atoms with E-state index in [2.05, 4.69) is 52.1 Å². The molecule has 0 aliphatic carbocycles. The number of ether oxygens (including phenoxy) is 2. The summed E-state index contributed by atoms with van der Waals surface area (Å²) in [5.74, 6) is 1.50. The second kappa shape index (κ2) is 9.67. The van der Waals surface area contributed by atoms with E-state index < -0.39 is 0 Å². The van der Waals surface area contributed by atoms with Crippen LogP contribution in [0.1, 0.15) is 59.1 Å². The molecule has 0 fully saturated rings. The summed E-state index contributed by atoms with van der Waals surface area (Å²) in [5.41, 5.74) is 2.48. The average Bonchev–Trinajstić information content (AvgIpc) is 2.59. The van der Waals surface area contributed by atoms with Crippen molar-refractivity contribution in [3.63, 3.8) is 0 Å². The van der Waals surface area contributed by atoms with E-state index in [1.54, 1.807) is 0 Å². The van der Waals surface area contributed by atoms with Gasteiger partial charge in [-0.05, 0) is 56.4 Å². The maximum Gasteiger partial charge on any atom is 0.161 e. The molecule has 0 radical (unpaired) electrons. The standard InChI is InChI=1S/C24H34ClNO2/c1-7-27-22-14-18(15-26-24(5,6)17-23(2,3)4)12-13-21(22)28-16-19-10-8-9-11-20(19)25/h8-14,26H,7,15-17H2,1-6H3. The predicted molar refractivity (Wildman–Crippen MR) is 118 cm³/mol. The van der Waals surface area contributed by atoms with Crippen molar-refractivity contribution in [2.24, 2.45) is 5.41 Å². The third-order valence-corrected chi connectivity index (χ3v) is 4.76. The van der Waals surface area contributed by atoms with Crippen molar-refractivity contribution in [2.45, 2.75) is 66.7 Å². The second-order valence-corrected chi connectivity index (χ2v) is 9.48. The van der Waals surface area contributed by atoms with Crippen LogP contribution in [0.3, 0.4) is 0 Å². The van der Waals surface area contributed by atoms with Gasteiger partial charge in [-0.2, -0.15) is 0 Å². The van der Waals surface area contributed by atoms with Crippen LogP contribution in [0.5, 0.6) is 11.5 Å². The van der Waals surface area contributed by atoms with Crippen molar-refractivity contribution in [3.8, 4) is 11.5 Å². The molecule has 0 unspecified atom stereocenters. The van der Waals surface area contributed by atoms with Crippen LogP contribution < -0.4 is 14.8 Å². The highest BCUT2D eigenvalue weighted by Crippen LogP contribution is 2.31. The maximum absolute atomic E-state index is 6.23. The zero-order valence-corrected chi connectivity index (χ0v) is 18.8. The molecule has 0 aliphatic heterocycles. The van der Waals surface area contributed by atoms with Crippen LogP contribution in [-0.4, -0.2) is 12.1 Å². The zero-order chi connectivity index (χ0) is 20.8. The van der Waals surface area contributed by atoms with Crippen LogP contribution in [0.4, 0.5) is 0 Å². The Morgan fingerprint density at radius 1 is 0.929 bits per heavy atom. The molecule has 0 saturated carbocycles. The van der Waals surface area contributed by atoms with Crippen LogP contribution in [0.25, 0.3) is 0 Å². The lowest BCUT2D eigenvalue weighted by atomic mass is 9.82. The molecule has 4 heteroatoms. The fourth-order valence-corrected chi connectivity index (χ4v) is 3.74. The first-order valence-corrected chi connectivity index (χ1v) is 10.3. The monoisotopic (exact) mass is 403 g/mol. The maximum atomic E-state index is 6.23. The van der Waals surface area contributed by atoms with Crippen LogP contribution >= 0.6 is 11.6 Å². The Bertz CT molecular complexity index is 765. The van der Waals surface area contributed by atoms with E-state index in [0.29, 0.717) is 18.2 Å². The van der Waals surface area contributed by atoms with Crippen LogP contribution in [0, 0.1) is 5.41 Å². The summed E-state index contributed by atoms with van der Waals surface area (Å²) >= 11 is 6.23. The highest BCUT2D eigenvalue weighted by Gasteiger charge is 2.24. The molecule has 28 heavy (non-hydrogen) atoms. The normalized spacial score (nSPS) is 12.1. The summed E-state index contributed by atoms with van der Waals surface area (Å²) in [5, 5.41) is 4.38. The summed E-state index contributed by atoms with van der Waals surface area (Å²) < 4.78 is 11.8. The van der Waals surface area contributed by atoms with E-state index in [-0.39, 0.29) is 11.0 Å². The van der Waals surface area contributed by atoms with Gasteiger partial charge in [0.1, 0.15) is 6.61 Å². The molecule has 0 amide bonds. The topological polar surface area (TPSA) is 30.5 Å². The molecule has 0 spiro atoms. The van der Waals surface area contributed by atoms with Crippen molar-refractivity contribution in [1.29, 1.82) is 0 Å². The van der Waals surface area contributed by atoms with Gasteiger partial charge in [-0.3, -0.25) is 0 Å². The minimum Gasteiger partial charge on any atom is -0.490 e. The van der Waals surface area contributed by atoms with Crippen molar-refractivity contribution >= 4 is 11.6 Å². The number of benzene rings is 2. The lowest BCUT2D eigenvalue weighted by molar-refractivity contribution is 0.240. The molecule has 0 heterocycles. The molecule has 1 N–H and O–H groups in total. The molecule has 3 nitrogen and oxygen atoms in total. The van der Waals surface area contributed by atoms with Crippen molar-refractivity contribution < 1.29 is 9.47 Å². The molecule has 0 bridgehead atoms. The molecule has 2 rings (SSSR count). The third kappa shape index (κ3) is 7.37. The quantitative estimate of drug-likeness (QED) is 0.510. The molecule has 0 aromatic heterocycles. The highest BCUT2D eigenvalue weighted by atomic mass is 35.5. The first-order chi connectivity index (χ1) is 13.1. The van der Waals surface area contributed by atoms with Gasteiger partial charge in [-0.25, -0.2) is 0 Å². The van der Waals surface area contributed by atoms with Gasteiger partial charge in [0, 0.05) is 22.7 Å². The largest absolute Gasteiger partial charge is 0.490 e. The summed E-state index contributed by atoms with van der Waals surface area (Å²) in [4.78, 5) is 0. The SMILES string of the molecule is CCOc1cc(CNC(C)(C)CC(C)(C)C)ccc1OCc1ccccc1Cl. The summed E-state index contributed by atoms with van der Waals surface area (Å²) in [6, 6.07) is 13.9. The number of halogens is 1. The lowest BCUT2D eigenvalue weighted by Gasteiger charge is -2.33. The number of hydrogen-bond acceptors (Lipinski definition) is 3. The van der Waals surface area contributed by atoms with E-state index in [0.717, 1.165) is 30.0 Å². The molecule has 154 valence electrons. The van der Waals surface area contributed by atoms with Gasteiger partial charge in [0.15, 0.2) is 11.5 Å². The molecular formula is C24H34ClNO2. The van der Waals surface area contributed by atoms with E-state index in [4.69, 9.17) is 21.1 Å². The molecule has 0 atom stereocenters. The van der Waals surface area contributed by atoms with Gasteiger partial charge in [0.25, 0.3) is 0 Å². The summed E-state index contributed by atoms with van der Waals surface area (Å²) in [6.45, 7) is 15.1. The molecule has 0 aliphatic rings. The van der Waals surface area contributed by atoms with Gasteiger partial charge < -0.3 is 14.8 Å². The smallest absolute Gasteiger partial charge is 0.161 e. The molecule has 2 aromatic carbocycles. The van der Waals surface area contributed by atoms with Gasteiger partial charge in [-0.15, -0.1) is 0 Å². The van der Waals surface area contributed by atoms with E-state index in [9.17, 15) is 0 Å². The number of rotatable bonds is 9. The second-order valence-electron chi connectivity index (χ2n) is 9.07. The lowest BCUT2D eigenvalue weighted by Crippen LogP contribution is -2.41. The zero-order valence-electron chi connectivity index (χ0n) is 18.1. The van der Waals surface area contributed by atoms with E-state index in [1.165, 1.54) is 5.56 Å². The minimum atomic E-state index is 0.0588. The minimum absolute atomic E-state index is 0.0588. The first-order valence-electron chi connectivity index (χ1n) is 9.96. The average molecular weight is 404 g/mol. The van der Waals surface area contributed by atoms with Crippen molar-refractivity contribution in [2.75, 3.05) is 6.61 Å². The fraction of sp³-hybridized carbons (Fsp3) is 0.500. The Balaban J connectivity index is 2.06. The van der Waals surface area contributed by atoms with E-state index >= 15 is 0 Å². The Morgan fingerprint density at radius 3 is 2.29 bits per heavy atom. The fourth-order valence-electron chi connectivity index (χ4n) is 3.55. The summed E-state index contributed by atoms with van der Waals surface area (Å²) in [6.07, 6.45) is 1.09. The van der Waals surface area contributed by atoms with E-state index in [1.807, 2.05) is 37.3 Å². The number of nitrogens with one attached hydrogen (secondary N) is 1. The summed E-state index contributed by atoms with van der Waals surface area (Å²) in [7, 11) is 0. The van der Waals surface area contributed by atoms with Gasteiger partial charge in [0.2, 0.25) is 0 Å². The Hall–Kier alpha value is -1.71. The first kappa shape index (κ1) is 22.6. The van der Waals surface area contributed by atoms with Crippen molar-refractivity contribution in [1.82, 2.24) is 5.32 Å². The van der Waals surface area contributed by atoms with Gasteiger partial charge in [0.05, 0.1) is 6.61 Å². The molecule has 0 saturated heterocycles. The Morgan fingerprint density at radius 2 is 1.64 bits per heavy atom. The molecular weight excluding hydrogens is 370 g/mol. The van der Waals surface area contributed by atoms with Gasteiger partial charge >= 0.3 is 0 Å². The highest BCUT2D eigenvalue weighted by molar-refractivity contribution is 6.31. The van der Waals surface area contributed by atoms with Gasteiger partial charge in [-0.1, -0.05) is 56.6 Å². The number of hydrogen-bond donors (Lipinski definition) is 1. The van der Waals surface area contributed by atoms with Crippen LogP contribution in [0.15, 0.2) is 42.5 Å². The Kier molecular flexibility index (Phi) is 7.79. The third-order valence-electron chi connectivity index (χ3n) is 4.39. The van der Waals surface area contributed by atoms with Crippen LogP contribution in [0.2, 0.25) is 5.02 Å².